The number of carbonyl (C=O) groups is 1. The molecule has 0 aliphatic heterocycles. The lowest BCUT2D eigenvalue weighted by Gasteiger charge is -2.29. The van der Waals surface area contributed by atoms with Crippen molar-refractivity contribution in [2.45, 2.75) is 64.8 Å². The summed E-state index contributed by atoms with van der Waals surface area (Å²) < 4.78 is 10.4. The lowest BCUT2D eigenvalue weighted by molar-refractivity contribution is -0.149. The zero-order valence-electron chi connectivity index (χ0n) is 16.7. The largest absolute Gasteiger partial charge is 0.466 e. The van der Waals surface area contributed by atoms with Gasteiger partial charge in [-0.15, -0.1) is 24.0 Å². The maximum absolute atomic E-state index is 11.8. The van der Waals surface area contributed by atoms with Gasteiger partial charge in [-0.3, -0.25) is 9.79 Å². The zero-order chi connectivity index (χ0) is 18.9. The molecule has 0 spiro atoms. The molecule has 1 aliphatic rings. The summed E-state index contributed by atoms with van der Waals surface area (Å²) in [6.07, 6.45) is 4.23. The molecule has 1 aromatic heterocycles. The molecule has 2 N–H and O–H groups in total. The van der Waals surface area contributed by atoms with Crippen LogP contribution < -0.4 is 10.6 Å². The average molecular weight is 493 g/mol. The minimum atomic E-state index is -0.0613. The maximum Gasteiger partial charge on any atom is 0.308 e. The van der Waals surface area contributed by atoms with Crippen molar-refractivity contribution < 1.29 is 14.1 Å². The van der Waals surface area contributed by atoms with Crippen LogP contribution >= 0.6 is 24.0 Å². The lowest BCUT2D eigenvalue weighted by Crippen LogP contribution is -2.45. The van der Waals surface area contributed by atoms with Crippen LogP contribution in [0.3, 0.4) is 0 Å². The Morgan fingerprint density at radius 1 is 1.33 bits per heavy atom. The van der Waals surface area contributed by atoms with E-state index >= 15 is 0 Å². The molecule has 1 saturated carbocycles. The number of nitrogens with one attached hydrogen (secondary N) is 2. The van der Waals surface area contributed by atoms with E-state index in [1.54, 1.807) is 7.05 Å². The standard InChI is InChI=1S/C18H31N5O3.HI/c1-5-25-17(24)13-6-8-14(9-7-13)21-18(19-4)20-11-10-15-22-16(12(2)3)23-26-15;/h12-14H,5-11H2,1-4H3,(H2,19,20,21);1H. The topological polar surface area (TPSA) is 102 Å². The van der Waals surface area contributed by atoms with E-state index in [4.69, 9.17) is 9.26 Å². The number of rotatable bonds is 7. The van der Waals surface area contributed by atoms with Gasteiger partial charge < -0.3 is 19.9 Å². The summed E-state index contributed by atoms with van der Waals surface area (Å²) in [6, 6.07) is 0.322. The third-order valence-electron chi connectivity index (χ3n) is 4.54. The van der Waals surface area contributed by atoms with Crippen LogP contribution in [0.5, 0.6) is 0 Å². The van der Waals surface area contributed by atoms with Crippen LogP contribution in [0, 0.1) is 5.92 Å². The summed E-state index contributed by atoms with van der Waals surface area (Å²) in [5.74, 6) is 2.37. The monoisotopic (exact) mass is 493 g/mol. The Morgan fingerprint density at radius 3 is 2.59 bits per heavy atom. The van der Waals surface area contributed by atoms with Crippen LogP contribution in [-0.4, -0.2) is 48.3 Å². The number of esters is 1. The Kier molecular flexibility index (Phi) is 10.6. The van der Waals surface area contributed by atoms with Gasteiger partial charge in [-0.05, 0) is 32.6 Å². The minimum Gasteiger partial charge on any atom is -0.466 e. The highest BCUT2D eigenvalue weighted by Gasteiger charge is 2.27. The van der Waals surface area contributed by atoms with Gasteiger partial charge in [0.05, 0.1) is 12.5 Å². The van der Waals surface area contributed by atoms with Gasteiger partial charge >= 0.3 is 5.97 Å². The third kappa shape index (κ3) is 7.63. The number of nitrogens with zero attached hydrogens (tertiary/aromatic N) is 3. The van der Waals surface area contributed by atoms with Gasteiger partial charge in [0, 0.05) is 32.0 Å². The predicted octanol–water partition coefficient (Wildman–Crippen LogP) is 2.64. The van der Waals surface area contributed by atoms with E-state index in [1.165, 1.54) is 0 Å². The van der Waals surface area contributed by atoms with Crippen molar-refractivity contribution >= 4 is 35.9 Å². The number of ether oxygens (including phenoxy) is 1. The van der Waals surface area contributed by atoms with E-state index in [1.807, 2.05) is 20.8 Å². The van der Waals surface area contributed by atoms with Crippen LogP contribution in [0.25, 0.3) is 0 Å². The molecule has 0 saturated heterocycles. The molecule has 0 atom stereocenters. The molecular weight excluding hydrogens is 461 g/mol. The molecule has 0 radical (unpaired) electrons. The van der Waals surface area contributed by atoms with Crippen molar-refractivity contribution in [3.8, 4) is 0 Å². The molecule has 0 bridgehead atoms. The maximum atomic E-state index is 11.8. The van der Waals surface area contributed by atoms with Crippen molar-refractivity contribution in [1.29, 1.82) is 0 Å². The molecule has 2 rings (SSSR count). The third-order valence-corrected chi connectivity index (χ3v) is 4.54. The molecule has 1 heterocycles. The Labute approximate surface area is 178 Å². The summed E-state index contributed by atoms with van der Waals surface area (Å²) in [4.78, 5) is 20.4. The SMILES string of the molecule is CCOC(=O)C1CCC(NC(=NC)NCCc2nc(C(C)C)no2)CC1.I. The number of aliphatic imine (C=N–C) groups is 1. The van der Waals surface area contributed by atoms with Crippen molar-refractivity contribution in [2.24, 2.45) is 10.9 Å². The Morgan fingerprint density at radius 2 is 2.04 bits per heavy atom. The molecule has 0 unspecified atom stereocenters. The zero-order valence-corrected chi connectivity index (χ0v) is 19.0. The number of carbonyl (C=O) groups excluding carboxylic acids is 1. The van der Waals surface area contributed by atoms with E-state index in [2.05, 4.69) is 25.8 Å². The second kappa shape index (κ2) is 12.1. The highest BCUT2D eigenvalue weighted by molar-refractivity contribution is 14.0. The van der Waals surface area contributed by atoms with Crippen LogP contribution in [-0.2, 0) is 16.0 Å². The van der Waals surface area contributed by atoms with Crippen LogP contribution in [0.15, 0.2) is 9.52 Å². The lowest BCUT2D eigenvalue weighted by atomic mass is 9.86. The number of hydrogen-bond donors (Lipinski definition) is 2. The molecule has 0 aromatic carbocycles. The van der Waals surface area contributed by atoms with Gasteiger partial charge in [-0.2, -0.15) is 4.98 Å². The number of aromatic nitrogens is 2. The smallest absolute Gasteiger partial charge is 0.308 e. The molecule has 8 nitrogen and oxygen atoms in total. The molecule has 9 heteroatoms. The van der Waals surface area contributed by atoms with Gasteiger partial charge in [-0.25, -0.2) is 0 Å². The molecule has 27 heavy (non-hydrogen) atoms. The van der Waals surface area contributed by atoms with E-state index in [9.17, 15) is 4.79 Å². The number of guanidine groups is 1. The molecular formula is C18H32IN5O3. The van der Waals surface area contributed by atoms with Crippen molar-refractivity contribution in [3.05, 3.63) is 11.7 Å². The van der Waals surface area contributed by atoms with Crippen molar-refractivity contribution in [1.82, 2.24) is 20.8 Å². The number of hydrogen-bond acceptors (Lipinski definition) is 6. The van der Waals surface area contributed by atoms with E-state index in [0.717, 1.165) is 37.5 Å². The molecule has 1 aliphatic carbocycles. The van der Waals surface area contributed by atoms with Gasteiger partial charge in [0.2, 0.25) is 5.89 Å². The Hall–Kier alpha value is -1.39. The Bertz CT molecular complexity index is 598. The molecule has 0 amide bonds. The first kappa shape index (κ1) is 23.6. The minimum absolute atomic E-state index is 0. The van der Waals surface area contributed by atoms with E-state index in [-0.39, 0.29) is 41.8 Å². The first-order valence-corrected chi connectivity index (χ1v) is 9.49. The second-order valence-corrected chi connectivity index (χ2v) is 6.89. The van der Waals surface area contributed by atoms with E-state index in [0.29, 0.717) is 31.5 Å². The summed E-state index contributed by atoms with van der Waals surface area (Å²) in [7, 11) is 1.75. The summed E-state index contributed by atoms with van der Waals surface area (Å²) in [6.45, 7) is 7.03. The second-order valence-electron chi connectivity index (χ2n) is 6.89. The highest BCUT2D eigenvalue weighted by atomic mass is 127. The van der Waals surface area contributed by atoms with Gasteiger partial charge in [0.1, 0.15) is 0 Å². The fraction of sp³-hybridized carbons (Fsp3) is 0.778. The van der Waals surface area contributed by atoms with Crippen LogP contribution in [0.1, 0.15) is 64.1 Å². The molecule has 1 fully saturated rings. The summed E-state index contributed by atoms with van der Waals surface area (Å²) in [5.41, 5.74) is 0. The van der Waals surface area contributed by atoms with Crippen LogP contribution in [0.2, 0.25) is 0 Å². The Balaban J connectivity index is 0.00000364. The quantitative estimate of drug-likeness (QED) is 0.261. The van der Waals surface area contributed by atoms with E-state index < -0.39 is 0 Å². The summed E-state index contributed by atoms with van der Waals surface area (Å²) >= 11 is 0. The first-order valence-electron chi connectivity index (χ1n) is 9.49. The van der Waals surface area contributed by atoms with Gasteiger partial charge in [-0.1, -0.05) is 19.0 Å². The predicted molar refractivity (Wildman–Crippen MR) is 114 cm³/mol. The average Bonchev–Trinajstić information content (AvgIpc) is 3.11. The summed E-state index contributed by atoms with van der Waals surface area (Å²) in [5, 5.41) is 10.7. The highest BCUT2D eigenvalue weighted by Crippen LogP contribution is 2.25. The van der Waals surface area contributed by atoms with Gasteiger partial charge in [0.25, 0.3) is 0 Å². The fourth-order valence-corrected chi connectivity index (χ4v) is 3.01. The van der Waals surface area contributed by atoms with Crippen molar-refractivity contribution in [3.63, 3.8) is 0 Å². The normalized spacial score (nSPS) is 20.1. The number of halogens is 1. The molecule has 154 valence electrons. The van der Waals surface area contributed by atoms with Crippen molar-refractivity contribution in [2.75, 3.05) is 20.2 Å². The first-order chi connectivity index (χ1) is 12.5. The fourth-order valence-electron chi connectivity index (χ4n) is 3.01. The van der Waals surface area contributed by atoms with Crippen LogP contribution in [0.4, 0.5) is 0 Å². The molecule has 1 aromatic rings. The van der Waals surface area contributed by atoms with Gasteiger partial charge in [0.15, 0.2) is 11.8 Å².